The molecule has 1 atom stereocenters. The first-order valence-corrected chi connectivity index (χ1v) is 7.86. The summed E-state index contributed by atoms with van der Waals surface area (Å²) in [6.07, 6.45) is 1.95. The van der Waals surface area contributed by atoms with Crippen molar-refractivity contribution in [2.24, 2.45) is 5.92 Å². The van der Waals surface area contributed by atoms with Crippen LogP contribution in [0, 0.1) is 19.8 Å². The Kier molecular flexibility index (Phi) is 4.12. The molecule has 116 valence electrons. The number of aryl methyl sites for hydroxylation is 2. The fourth-order valence-corrected chi connectivity index (χ4v) is 3.16. The van der Waals surface area contributed by atoms with Gasteiger partial charge in [0.05, 0.1) is 16.8 Å². The highest BCUT2D eigenvalue weighted by Gasteiger charge is 2.25. The lowest BCUT2D eigenvalue weighted by molar-refractivity contribution is 0.0619. The van der Waals surface area contributed by atoms with Gasteiger partial charge in [-0.3, -0.25) is 9.78 Å². The van der Waals surface area contributed by atoms with Crippen LogP contribution in [-0.4, -0.2) is 40.6 Å². The molecule has 22 heavy (non-hydrogen) atoms. The zero-order chi connectivity index (χ0) is 15.7. The highest BCUT2D eigenvalue weighted by Crippen LogP contribution is 2.22. The third-order valence-corrected chi connectivity index (χ3v) is 4.46. The summed E-state index contributed by atoms with van der Waals surface area (Å²) in [4.78, 5) is 19.2. The highest BCUT2D eigenvalue weighted by molar-refractivity contribution is 5.98. The molecule has 1 amide bonds. The third kappa shape index (κ3) is 2.83. The van der Waals surface area contributed by atoms with Gasteiger partial charge < -0.3 is 10.0 Å². The van der Waals surface area contributed by atoms with Crippen molar-refractivity contribution in [3.8, 4) is 0 Å². The average Bonchev–Trinajstić information content (AvgIpc) is 2.53. The fraction of sp³-hybridized carbons (Fsp3) is 0.444. The van der Waals surface area contributed by atoms with Crippen LogP contribution in [0.15, 0.2) is 24.3 Å². The van der Waals surface area contributed by atoms with Gasteiger partial charge in [0.25, 0.3) is 5.91 Å². The molecule has 1 N–H and O–H groups in total. The predicted octanol–water partition coefficient (Wildman–Crippen LogP) is 2.70. The number of fused-ring (bicyclic) bond motifs is 1. The molecule has 4 nitrogen and oxygen atoms in total. The van der Waals surface area contributed by atoms with Crippen LogP contribution in [0.25, 0.3) is 10.9 Å². The smallest absolute Gasteiger partial charge is 0.255 e. The number of hydrogen-bond donors (Lipinski definition) is 1. The molecule has 1 saturated heterocycles. The van der Waals surface area contributed by atoms with E-state index >= 15 is 0 Å². The number of piperidine rings is 1. The molecule has 4 heteroatoms. The third-order valence-electron chi connectivity index (χ3n) is 4.46. The number of nitrogens with zero attached hydrogens (tertiary/aromatic N) is 2. The Balaban J connectivity index is 1.93. The summed E-state index contributed by atoms with van der Waals surface area (Å²) < 4.78 is 0. The van der Waals surface area contributed by atoms with Crippen LogP contribution in [0.2, 0.25) is 0 Å². The summed E-state index contributed by atoms with van der Waals surface area (Å²) >= 11 is 0. The van der Waals surface area contributed by atoms with E-state index in [1.54, 1.807) is 0 Å². The molecule has 3 rings (SSSR count). The van der Waals surface area contributed by atoms with E-state index in [0.717, 1.165) is 36.0 Å². The number of carbonyl (C=O) groups is 1. The Labute approximate surface area is 130 Å². The molecular weight excluding hydrogens is 276 g/mol. The van der Waals surface area contributed by atoms with Crippen LogP contribution in [0.3, 0.4) is 0 Å². The van der Waals surface area contributed by atoms with Gasteiger partial charge >= 0.3 is 0 Å². The summed E-state index contributed by atoms with van der Waals surface area (Å²) in [6.45, 7) is 5.49. The van der Waals surface area contributed by atoms with Gasteiger partial charge in [0, 0.05) is 25.1 Å². The number of rotatable bonds is 2. The molecule has 1 unspecified atom stereocenters. The van der Waals surface area contributed by atoms with Gasteiger partial charge in [-0.15, -0.1) is 0 Å². The summed E-state index contributed by atoms with van der Waals surface area (Å²) in [5.74, 6) is 0.236. The lowest BCUT2D eigenvalue weighted by Gasteiger charge is -2.32. The number of hydrogen-bond acceptors (Lipinski definition) is 3. The molecule has 0 spiro atoms. The van der Waals surface area contributed by atoms with Crippen LogP contribution < -0.4 is 0 Å². The molecule has 0 bridgehead atoms. The second-order valence-electron chi connectivity index (χ2n) is 6.26. The molecule has 0 saturated carbocycles. The Morgan fingerprint density at radius 3 is 2.95 bits per heavy atom. The Morgan fingerprint density at radius 1 is 1.36 bits per heavy atom. The van der Waals surface area contributed by atoms with Crippen molar-refractivity contribution < 1.29 is 9.90 Å². The summed E-state index contributed by atoms with van der Waals surface area (Å²) in [7, 11) is 0. The number of aliphatic hydroxyl groups is 1. The zero-order valence-electron chi connectivity index (χ0n) is 13.2. The van der Waals surface area contributed by atoms with Gasteiger partial charge in [0.15, 0.2) is 0 Å². The Hall–Kier alpha value is -1.94. The second-order valence-corrected chi connectivity index (χ2v) is 6.26. The maximum absolute atomic E-state index is 12.8. The van der Waals surface area contributed by atoms with Crippen LogP contribution in [0.1, 0.15) is 34.5 Å². The maximum atomic E-state index is 12.8. The first-order valence-electron chi connectivity index (χ1n) is 7.86. The largest absolute Gasteiger partial charge is 0.396 e. The zero-order valence-corrected chi connectivity index (χ0v) is 13.2. The van der Waals surface area contributed by atoms with Crippen LogP contribution in [0.4, 0.5) is 0 Å². The van der Waals surface area contributed by atoms with Crippen LogP contribution in [-0.2, 0) is 0 Å². The van der Waals surface area contributed by atoms with Gasteiger partial charge in [-0.1, -0.05) is 12.1 Å². The second kappa shape index (κ2) is 6.05. The standard InChI is InChI=1S/C18H22N2O2/c1-12-5-6-15-9-16(13(2)19-17(15)8-12)18(22)20-7-3-4-14(10-20)11-21/h5-6,8-9,14,21H,3-4,7,10-11H2,1-2H3. The number of carbonyl (C=O) groups excluding carboxylic acids is 1. The number of aromatic nitrogens is 1. The van der Waals surface area contributed by atoms with Crippen molar-refractivity contribution >= 4 is 16.8 Å². The topological polar surface area (TPSA) is 53.4 Å². The van der Waals surface area contributed by atoms with E-state index < -0.39 is 0 Å². The van der Waals surface area contributed by atoms with Gasteiger partial charge in [0.1, 0.15) is 0 Å². The first-order chi connectivity index (χ1) is 10.6. The van der Waals surface area contributed by atoms with E-state index in [9.17, 15) is 9.90 Å². The minimum Gasteiger partial charge on any atom is -0.396 e. The molecule has 1 aliphatic rings. The van der Waals surface area contributed by atoms with E-state index in [0.29, 0.717) is 12.1 Å². The molecule has 2 heterocycles. The number of likely N-dealkylation sites (tertiary alicyclic amines) is 1. The van der Waals surface area contributed by atoms with Crippen molar-refractivity contribution in [3.63, 3.8) is 0 Å². The molecule has 1 aromatic heterocycles. The van der Waals surface area contributed by atoms with Crippen molar-refractivity contribution in [2.75, 3.05) is 19.7 Å². The first kappa shape index (κ1) is 15.0. The van der Waals surface area contributed by atoms with Crippen molar-refractivity contribution in [1.29, 1.82) is 0 Å². The normalized spacial score (nSPS) is 18.7. The lowest BCUT2D eigenvalue weighted by Crippen LogP contribution is -2.41. The van der Waals surface area contributed by atoms with E-state index in [-0.39, 0.29) is 18.4 Å². The number of benzene rings is 1. The minimum absolute atomic E-state index is 0.0330. The SMILES string of the molecule is Cc1ccc2cc(C(=O)N3CCCC(CO)C3)c(C)nc2c1. The van der Waals surface area contributed by atoms with E-state index in [2.05, 4.69) is 4.98 Å². The van der Waals surface area contributed by atoms with Gasteiger partial charge in [-0.25, -0.2) is 0 Å². The molecule has 1 fully saturated rings. The van der Waals surface area contributed by atoms with Crippen molar-refractivity contribution in [1.82, 2.24) is 9.88 Å². The van der Waals surface area contributed by atoms with E-state index in [4.69, 9.17) is 0 Å². The number of aliphatic hydroxyl groups excluding tert-OH is 1. The van der Waals surface area contributed by atoms with E-state index in [1.807, 2.05) is 43.0 Å². The maximum Gasteiger partial charge on any atom is 0.255 e. The Morgan fingerprint density at radius 2 is 2.18 bits per heavy atom. The van der Waals surface area contributed by atoms with E-state index in [1.165, 1.54) is 5.56 Å². The lowest BCUT2D eigenvalue weighted by atomic mass is 9.98. The monoisotopic (exact) mass is 298 g/mol. The average molecular weight is 298 g/mol. The Bertz CT molecular complexity index is 712. The molecule has 1 aliphatic heterocycles. The van der Waals surface area contributed by atoms with Gasteiger partial charge in [0.2, 0.25) is 0 Å². The summed E-state index contributed by atoms with van der Waals surface area (Å²) in [5, 5.41) is 10.3. The van der Waals surface area contributed by atoms with Crippen molar-refractivity contribution in [2.45, 2.75) is 26.7 Å². The van der Waals surface area contributed by atoms with Gasteiger partial charge in [-0.2, -0.15) is 0 Å². The summed E-state index contributed by atoms with van der Waals surface area (Å²) in [5.41, 5.74) is 3.55. The molecule has 2 aromatic rings. The fourth-order valence-electron chi connectivity index (χ4n) is 3.16. The van der Waals surface area contributed by atoms with Crippen LogP contribution in [0.5, 0.6) is 0 Å². The molecule has 0 aliphatic carbocycles. The number of pyridine rings is 1. The van der Waals surface area contributed by atoms with Crippen LogP contribution >= 0.6 is 0 Å². The molecule has 0 radical (unpaired) electrons. The number of amides is 1. The quantitative estimate of drug-likeness (QED) is 0.927. The predicted molar refractivity (Wildman–Crippen MR) is 86.9 cm³/mol. The molecule has 1 aromatic carbocycles. The highest BCUT2D eigenvalue weighted by atomic mass is 16.3. The summed E-state index contributed by atoms with van der Waals surface area (Å²) in [6, 6.07) is 8.04. The van der Waals surface area contributed by atoms with Gasteiger partial charge in [-0.05, 0) is 50.3 Å². The van der Waals surface area contributed by atoms with Crippen molar-refractivity contribution in [3.05, 3.63) is 41.1 Å². The molecular formula is C18H22N2O2. The minimum atomic E-state index is 0.0330.